The number of amides is 16. The van der Waals surface area contributed by atoms with Gasteiger partial charge in [-0.3, -0.25) is 96.3 Å². The van der Waals surface area contributed by atoms with Gasteiger partial charge >= 0.3 is 0 Å². The van der Waals surface area contributed by atoms with Crippen molar-refractivity contribution in [2.75, 3.05) is 77.6 Å². The Kier molecular flexibility index (Phi) is 25.4. The van der Waals surface area contributed by atoms with Crippen molar-refractivity contribution in [2.24, 2.45) is 0 Å². The lowest BCUT2D eigenvalue weighted by molar-refractivity contribution is -0.146. The van der Waals surface area contributed by atoms with E-state index in [9.17, 15) is 76.7 Å². The summed E-state index contributed by atoms with van der Waals surface area (Å²) in [6.45, 7) is 14.8. The maximum atomic E-state index is 12.7. The Hall–Kier alpha value is -13.7. The molecule has 572 valence electrons. The minimum atomic E-state index is -0.854. The largest absolute Gasteiger partial charge is 0.351 e. The molecule has 0 saturated carbocycles. The van der Waals surface area contributed by atoms with Gasteiger partial charge in [-0.1, -0.05) is 56.6 Å². The summed E-state index contributed by atoms with van der Waals surface area (Å²) in [6.07, 6.45) is 8.70. The second-order valence-corrected chi connectivity index (χ2v) is 27.3. The highest BCUT2D eigenvalue weighted by Gasteiger charge is 2.46. The lowest BCUT2D eigenvalue weighted by Gasteiger charge is -2.29. The Labute approximate surface area is 633 Å². The number of likely N-dealkylation sites (N-methyl/N-ethyl adjacent to an activating group) is 2. The van der Waals surface area contributed by atoms with Crippen molar-refractivity contribution in [1.29, 1.82) is 0 Å². The number of carbonyl (C=O) groups excluding carboxylic acids is 16. The molecular weight excluding hydrogens is 1420 g/mol. The number of anilines is 4. The van der Waals surface area contributed by atoms with Gasteiger partial charge in [0, 0.05) is 137 Å². The van der Waals surface area contributed by atoms with Crippen molar-refractivity contribution in [3.63, 3.8) is 0 Å². The number of carbonyl (C=O) groups is 16. The van der Waals surface area contributed by atoms with Gasteiger partial charge in [-0.2, -0.15) is 0 Å². The smallest absolute Gasteiger partial charge is 0.278 e. The molecule has 0 aliphatic carbocycles. The summed E-state index contributed by atoms with van der Waals surface area (Å²) >= 11 is 0. The highest BCUT2D eigenvalue weighted by atomic mass is 16.2. The number of nitrogens with zero attached hydrogens (tertiary/aromatic N) is 8. The third-order valence-electron chi connectivity index (χ3n) is 18.1. The molecule has 4 atom stereocenters. The Morgan fingerprint density at radius 1 is 0.355 bits per heavy atom. The summed E-state index contributed by atoms with van der Waals surface area (Å²) < 4.78 is 0. The molecule has 8 N–H and O–H groups in total. The van der Waals surface area contributed by atoms with E-state index in [0.717, 1.165) is 30.7 Å². The van der Waals surface area contributed by atoms with Gasteiger partial charge in [0.25, 0.3) is 59.1 Å². The maximum absolute atomic E-state index is 12.7. The second kappa shape index (κ2) is 34.7. The summed E-state index contributed by atoms with van der Waals surface area (Å²) in [7, 11) is 13.4. The monoisotopic (exact) mass is 1500 g/mol. The van der Waals surface area contributed by atoms with E-state index >= 15 is 0 Å². The van der Waals surface area contributed by atoms with Crippen LogP contribution >= 0.6 is 0 Å². The molecular formula is C78H84N16O16. The van der Waals surface area contributed by atoms with E-state index in [0.29, 0.717) is 108 Å². The van der Waals surface area contributed by atoms with E-state index in [1.807, 2.05) is 6.07 Å². The highest BCUT2D eigenvalue weighted by molar-refractivity contribution is 6.22. The average molecular weight is 1500 g/mol. The van der Waals surface area contributed by atoms with E-state index < -0.39 is 95.1 Å². The first-order valence-electron chi connectivity index (χ1n) is 34.7. The quantitative estimate of drug-likeness (QED) is 0.0663. The summed E-state index contributed by atoms with van der Waals surface area (Å²) in [5, 5.41) is 21.9. The van der Waals surface area contributed by atoms with Crippen molar-refractivity contribution < 1.29 is 76.7 Å². The van der Waals surface area contributed by atoms with Crippen LogP contribution in [-0.2, 0) is 80.0 Å². The number of allylic oxidation sites excluding steroid dienone is 4. The number of hydrogen-bond acceptors (Lipinski definition) is 20. The van der Waals surface area contributed by atoms with Crippen molar-refractivity contribution in [3.05, 3.63) is 216 Å². The van der Waals surface area contributed by atoms with Gasteiger partial charge in [-0.15, -0.1) is 0 Å². The number of piperidine rings is 4. The first kappa shape index (κ1) is 80.4. The van der Waals surface area contributed by atoms with Crippen LogP contribution in [0.15, 0.2) is 193 Å². The molecule has 32 heteroatoms. The lowest BCUT2D eigenvalue weighted by atomic mass is 10.0. The van der Waals surface area contributed by atoms with Gasteiger partial charge < -0.3 is 62.1 Å². The molecule has 4 saturated heterocycles. The number of benzene rings is 4. The number of imide groups is 4. The Bertz CT molecular complexity index is 4720. The fraction of sp³-hybridized carbons (Fsp3) is 0.282. The third kappa shape index (κ3) is 19.3. The van der Waals surface area contributed by atoms with Gasteiger partial charge in [-0.05, 0) is 129 Å². The summed E-state index contributed by atoms with van der Waals surface area (Å²) in [4.78, 5) is 206. The topological polar surface area (TPSA) is 395 Å². The molecule has 32 nitrogen and oxygen atoms in total. The van der Waals surface area contributed by atoms with Crippen molar-refractivity contribution >= 4 is 117 Å². The molecule has 4 aromatic rings. The third-order valence-corrected chi connectivity index (χ3v) is 18.1. The van der Waals surface area contributed by atoms with E-state index in [2.05, 4.69) is 68.9 Å². The van der Waals surface area contributed by atoms with Crippen LogP contribution in [0.2, 0.25) is 0 Å². The predicted molar refractivity (Wildman–Crippen MR) is 402 cm³/mol. The van der Waals surface area contributed by atoms with Crippen LogP contribution in [0.1, 0.15) is 83.2 Å². The van der Waals surface area contributed by atoms with Gasteiger partial charge in [-0.25, -0.2) is 0 Å². The van der Waals surface area contributed by atoms with E-state index in [-0.39, 0.29) is 59.3 Å². The molecule has 110 heavy (non-hydrogen) atoms. The molecule has 4 unspecified atom stereocenters. The van der Waals surface area contributed by atoms with Crippen LogP contribution in [0.3, 0.4) is 0 Å². The van der Waals surface area contributed by atoms with Gasteiger partial charge in [0.2, 0.25) is 35.4 Å². The van der Waals surface area contributed by atoms with Gasteiger partial charge in [0.05, 0.1) is 12.8 Å². The molecule has 8 aliphatic rings. The van der Waals surface area contributed by atoms with Crippen LogP contribution < -0.4 is 42.5 Å². The minimum absolute atomic E-state index is 0.0101. The number of hydrogen-bond donors (Lipinski definition) is 8. The Balaban J connectivity index is 0.000000169. The number of rotatable bonds is 18. The van der Waals surface area contributed by atoms with Gasteiger partial charge in [0.1, 0.15) is 47.0 Å². The highest BCUT2D eigenvalue weighted by Crippen LogP contribution is 2.30. The normalized spacial score (nSPS) is 19.6. The van der Waals surface area contributed by atoms with Crippen LogP contribution in [0.5, 0.6) is 0 Å². The zero-order valence-corrected chi connectivity index (χ0v) is 61.9. The zero-order valence-electron chi connectivity index (χ0n) is 61.9. The van der Waals surface area contributed by atoms with Crippen LogP contribution in [-0.4, -0.2) is 214 Å². The molecule has 0 bridgehead atoms. The molecule has 12 rings (SSSR count). The SMILES string of the molecule is C=C1CCC(N2C(=O)C=C(Nc3ccc(C(=O)N(C)C)cc3)C2=O)C(=O)N1.C=C1CCC(N2C(=O)C=C(Nc3ccc(CC(=O)N(C)C)cc3)C2=O)C(=O)N1.C=C1CCC(N2C(=O)C=C(Nc3cccc(C(=O)N(C)C)c3)C2=O)C(=O)N1.C=C1CCC(N2C(=O)C=C(Nc3cccc(CC(=O)N(C)C)c3)C2=O)C(=O)N1. The molecule has 4 fully saturated rings. The maximum Gasteiger partial charge on any atom is 0.278 e. The van der Waals surface area contributed by atoms with Crippen molar-refractivity contribution in [2.45, 2.75) is 88.4 Å². The fourth-order valence-corrected chi connectivity index (χ4v) is 12.2. The van der Waals surface area contributed by atoms with E-state index in [1.165, 1.54) is 43.9 Å². The molecule has 4 aromatic carbocycles. The standard InChI is InChI=1S/2C20H22N4O4.2C19H20N4O4/c1-12-4-9-16(19(27)21-12)24-18(26)11-15(20(24)28)22-14-7-5-13(6-8-14)10-17(25)23(2)3;1-12-7-8-16(19(27)21-12)24-18(26)11-15(20(24)28)22-14-6-4-5-13(9-14)10-17(25)23(2)3;1-11-4-9-15(17(25)20-11)23-16(24)10-14(19(23)27)21-13-7-5-12(6-8-13)18(26)22(2)3;1-11-7-8-15(17(25)20-11)23-16(24)10-14(19(23)27)21-13-6-4-5-12(9-13)18(26)22(2)3/h5-8,11,16,22H,1,4,9-10H2,2-3H3,(H,21,27);4-6,9,11,16,22H,1,7-8,10H2,2-3H3,(H,21,27);5-8,10,15,21H,1,4,9H2,2-3H3,(H,20,25);4-6,9-10,15,21H,1,7-8H2,2-3H3,(H,20,25). The van der Waals surface area contributed by atoms with Crippen LogP contribution in [0.4, 0.5) is 22.7 Å². The summed E-state index contributed by atoms with van der Waals surface area (Å²) in [5.74, 6) is -6.34. The molecule has 16 amide bonds. The molecule has 0 radical (unpaired) electrons. The van der Waals surface area contributed by atoms with Crippen molar-refractivity contribution in [1.82, 2.24) is 60.5 Å². The first-order chi connectivity index (χ1) is 52.1. The van der Waals surface area contributed by atoms with Crippen LogP contribution in [0, 0.1) is 0 Å². The molecule has 8 aliphatic heterocycles. The van der Waals surface area contributed by atoms with Gasteiger partial charge in [0.15, 0.2) is 0 Å². The second-order valence-electron chi connectivity index (χ2n) is 27.3. The predicted octanol–water partition coefficient (Wildman–Crippen LogP) is 3.24. The fourth-order valence-electron chi connectivity index (χ4n) is 12.2. The van der Waals surface area contributed by atoms with E-state index in [1.54, 1.807) is 147 Å². The minimum Gasteiger partial charge on any atom is -0.351 e. The zero-order chi connectivity index (χ0) is 80.3. The lowest BCUT2D eigenvalue weighted by Crippen LogP contribution is -2.52. The Morgan fingerprint density at radius 3 is 0.964 bits per heavy atom. The summed E-state index contributed by atoms with van der Waals surface area (Å²) in [6, 6.07) is 23.9. The molecule has 8 heterocycles. The first-order valence-corrected chi connectivity index (χ1v) is 34.7. The van der Waals surface area contributed by atoms with Crippen molar-refractivity contribution in [3.8, 4) is 0 Å². The molecule has 0 aromatic heterocycles. The summed E-state index contributed by atoms with van der Waals surface area (Å²) in [5.41, 5.74) is 7.49. The Morgan fingerprint density at radius 2 is 0.645 bits per heavy atom. The van der Waals surface area contributed by atoms with E-state index in [4.69, 9.17) is 0 Å². The average Bonchev–Trinajstić information content (AvgIpc) is 1.66. The number of nitrogens with one attached hydrogen (secondary N) is 8. The molecule has 0 spiro atoms. The van der Waals surface area contributed by atoms with Crippen LogP contribution in [0.25, 0.3) is 0 Å².